The van der Waals surface area contributed by atoms with Crippen LogP contribution >= 0.6 is 0 Å². The van der Waals surface area contributed by atoms with Gasteiger partial charge in [-0.1, -0.05) is 12.1 Å². The van der Waals surface area contributed by atoms with Crippen LogP contribution in [0.5, 0.6) is 5.75 Å². The van der Waals surface area contributed by atoms with E-state index in [-0.39, 0.29) is 11.7 Å². The van der Waals surface area contributed by atoms with Crippen LogP contribution in [-0.4, -0.2) is 40.2 Å². The number of nitrogens with zero attached hydrogens (tertiary/aromatic N) is 1. The Morgan fingerprint density at radius 2 is 2.04 bits per heavy atom. The van der Waals surface area contributed by atoms with Crippen molar-refractivity contribution in [1.29, 1.82) is 0 Å². The first-order chi connectivity index (χ1) is 11.6. The topological polar surface area (TPSA) is 78.9 Å². The number of benzene rings is 1. The average Bonchev–Trinajstić information content (AvgIpc) is 3.27. The lowest BCUT2D eigenvalue weighted by molar-refractivity contribution is -0.134. The van der Waals surface area contributed by atoms with E-state index in [4.69, 9.17) is 4.74 Å². The van der Waals surface area contributed by atoms with Crippen LogP contribution in [-0.2, 0) is 16.1 Å². The van der Waals surface area contributed by atoms with Crippen LogP contribution in [0.3, 0.4) is 0 Å². The summed E-state index contributed by atoms with van der Waals surface area (Å²) in [6.07, 6.45) is 1.65. The number of hydrogen-bond donors (Lipinski definition) is 2. The Morgan fingerprint density at radius 1 is 1.36 bits per heavy atom. The molecule has 0 bridgehead atoms. The molecule has 0 aromatic heterocycles. The number of hydrogen-bond acceptors (Lipinski definition) is 4. The normalized spacial score (nSPS) is 15.4. The third-order valence-corrected chi connectivity index (χ3v) is 3.87. The van der Waals surface area contributed by atoms with E-state index in [2.05, 4.69) is 5.32 Å². The van der Waals surface area contributed by atoms with Gasteiger partial charge in [0.1, 0.15) is 17.4 Å². The highest BCUT2D eigenvalue weighted by Gasteiger charge is 2.30. The Balaban J connectivity index is 2.00. The number of carbonyl (C=O) groups excluding carboxylic acids is 2. The predicted octanol–water partition coefficient (Wildman–Crippen LogP) is 3.04. The molecule has 6 heteroatoms. The quantitative estimate of drug-likeness (QED) is 0.828. The number of rotatable bonds is 6. The van der Waals surface area contributed by atoms with Gasteiger partial charge < -0.3 is 20.1 Å². The van der Waals surface area contributed by atoms with Crippen molar-refractivity contribution in [2.24, 2.45) is 5.92 Å². The van der Waals surface area contributed by atoms with E-state index >= 15 is 0 Å². The number of alkyl carbamates (subject to hydrolysis) is 1. The summed E-state index contributed by atoms with van der Waals surface area (Å²) < 4.78 is 5.21. The highest BCUT2D eigenvalue weighted by atomic mass is 16.6. The molecule has 1 saturated carbocycles. The lowest BCUT2D eigenvalue weighted by atomic mass is 10.1. The maximum Gasteiger partial charge on any atom is 0.408 e. The molecule has 1 aliphatic rings. The summed E-state index contributed by atoms with van der Waals surface area (Å²) >= 11 is 0. The number of aromatic hydroxyl groups is 1. The molecule has 1 fully saturated rings. The first-order valence-corrected chi connectivity index (χ1v) is 8.70. The first-order valence-electron chi connectivity index (χ1n) is 8.70. The SMILES string of the molecule is C[C@H](NC(=O)OC(C)(C)C)C(=O)N(Cc1cccc(O)c1)CC1CC1. The van der Waals surface area contributed by atoms with Crippen molar-refractivity contribution in [3.8, 4) is 5.75 Å². The minimum atomic E-state index is -0.675. The second-order valence-electron chi connectivity index (χ2n) is 7.70. The van der Waals surface area contributed by atoms with Crippen LogP contribution in [0.15, 0.2) is 24.3 Å². The van der Waals surface area contributed by atoms with E-state index in [1.54, 1.807) is 50.8 Å². The molecule has 25 heavy (non-hydrogen) atoms. The molecule has 0 unspecified atom stereocenters. The number of carbonyl (C=O) groups is 2. The minimum absolute atomic E-state index is 0.152. The van der Waals surface area contributed by atoms with Gasteiger partial charge in [-0.15, -0.1) is 0 Å². The van der Waals surface area contributed by atoms with E-state index in [9.17, 15) is 14.7 Å². The molecule has 0 aliphatic heterocycles. The fourth-order valence-corrected chi connectivity index (χ4v) is 2.54. The highest BCUT2D eigenvalue weighted by Crippen LogP contribution is 2.30. The molecular formula is C19H28N2O4. The van der Waals surface area contributed by atoms with Crippen molar-refractivity contribution >= 4 is 12.0 Å². The van der Waals surface area contributed by atoms with Gasteiger partial charge >= 0.3 is 6.09 Å². The molecule has 138 valence electrons. The molecule has 6 nitrogen and oxygen atoms in total. The molecule has 2 amide bonds. The molecule has 1 atom stereocenters. The summed E-state index contributed by atoms with van der Waals surface area (Å²) in [7, 11) is 0. The zero-order valence-electron chi connectivity index (χ0n) is 15.4. The molecule has 0 radical (unpaired) electrons. The molecule has 2 N–H and O–H groups in total. The monoisotopic (exact) mass is 348 g/mol. The molecule has 1 aliphatic carbocycles. The minimum Gasteiger partial charge on any atom is -0.508 e. The zero-order valence-corrected chi connectivity index (χ0v) is 15.4. The van der Waals surface area contributed by atoms with Crippen LogP contribution in [0.25, 0.3) is 0 Å². The van der Waals surface area contributed by atoms with Gasteiger partial charge in [-0.05, 0) is 64.2 Å². The Hall–Kier alpha value is -2.24. The molecule has 1 aromatic rings. The molecule has 1 aromatic carbocycles. The maximum atomic E-state index is 12.8. The fourth-order valence-electron chi connectivity index (χ4n) is 2.54. The van der Waals surface area contributed by atoms with E-state index in [1.807, 2.05) is 6.07 Å². The third-order valence-electron chi connectivity index (χ3n) is 3.87. The number of phenols is 1. The molecule has 0 spiro atoms. The Morgan fingerprint density at radius 3 is 2.60 bits per heavy atom. The van der Waals surface area contributed by atoms with Crippen molar-refractivity contribution in [2.45, 2.75) is 58.7 Å². The lowest BCUT2D eigenvalue weighted by Crippen LogP contribution is -2.48. The number of phenolic OH excluding ortho intramolecular Hbond substituents is 1. The van der Waals surface area contributed by atoms with Gasteiger partial charge in [-0.2, -0.15) is 0 Å². The highest BCUT2D eigenvalue weighted by molar-refractivity contribution is 5.85. The molecule has 0 saturated heterocycles. The molecular weight excluding hydrogens is 320 g/mol. The summed E-state index contributed by atoms with van der Waals surface area (Å²) in [6, 6.07) is 6.21. The van der Waals surface area contributed by atoms with Crippen LogP contribution < -0.4 is 5.32 Å². The number of nitrogens with one attached hydrogen (secondary N) is 1. The van der Waals surface area contributed by atoms with Gasteiger partial charge in [0.2, 0.25) is 5.91 Å². The Kier molecular flexibility index (Phi) is 5.93. The van der Waals surface area contributed by atoms with Crippen molar-refractivity contribution in [2.75, 3.05) is 6.54 Å². The van der Waals surface area contributed by atoms with Crippen LogP contribution in [0.4, 0.5) is 4.79 Å². The van der Waals surface area contributed by atoms with Crippen LogP contribution in [0, 0.1) is 5.92 Å². The smallest absolute Gasteiger partial charge is 0.408 e. The third kappa shape index (κ3) is 6.64. The number of ether oxygens (including phenoxy) is 1. The van der Waals surface area contributed by atoms with Gasteiger partial charge in [0.15, 0.2) is 0 Å². The van der Waals surface area contributed by atoms with Gasteiger partial charge in [-0.3, -0.25) is 4.79 Å². The van der Waals surface area contributed by atoms with Gasteiger partial charge in [0.25, 0.3) is 0 Å². The second kappa shape index (κ2) is 7.76. The van der Waals surface area contributed by atoms with Crippen molar-refractivity contribution in [1.82, 2.24) is 10.2 Å². The number of amides is 2. The Labute approximate surface area is 149 Å². The first kappa shape index (κ1) is 19.1. The van der Waals surface area contributed by atoms with Crippen molar-refractivity contribution in [3.63, 3.8) is 0 Å². The summed E-state index contributed by atoms with van der Waals surface area (Å²) in [6.45, 7) is 8.06. The van der Waals surface area contributed by atoms with E-state index in [0.717, 1.165) is 18.4 Å². The lowest BCUT2D eigenvalue weighted by Gasteiger charge is -2.27. The van der Waals surface area contributed by atoms with Crippen LogP contribution in [0.1, 0.15) is 46.1 Å². The fraction of sp³-hybridized carbons (Fsp3) is 0.579. The van der Waals surface area contributed by atoms with Gasteiger partial charge in [0.05, 0.1) is 0 Å². The van der Waals surface area contributed by atoms with E-state index in [0.29, 0.717) is 19.0 Å². The Bertz CT molecular complexity index is 620. The zero-order chi connectivity index (χ0) is 18.6. The molecule has 0 heterocycles. The van der Waals surface area contributed by atoms with Crippen LogP contribution in [0.2, 0.25) is 0 Å². The standard InChI is InChI=1S/C19H28N2O4/c1-13(20-18(24)25-19(2,3)4)17(23)21(11-14-8-9-14)12-15-6-5-7-16(22)10-15/h5-7,10,13-14,22H,8-9,11-12H2,1-4H3,(H,20,24)/t13-/m0/s1. The van der Waals surface area contributed by atoms with E-state index < -0.39 is 17.7 Å². The second-order valence-corrected chi connectivity index (χ2v) is 7.70. The summed E-state index contributed by atoms with van der Waals surface area (Å²) in [5, 5.41) is 12.2. The largest absolute Gasteiger partial charge is 0.508 e. The van der Waals surface area contributed by atoms with Crippen molar-refractivity contribution < 1.29 is 19.4 Å². The average molecular weight is 348 g/mol. The van der Waals surface area contributed by atoms with Gasteiger partial charge in [-0.25, -0.2) is 4.79 Å². The van der Waals surface area contributed by atoms with Gasteiger partial charge in [0, 0.05) is 13.1 Å². The van der Waals surface area contributed by atoms with Crippen molar-refractivity contribution in [3.05, 3.63) is 29.8 Å². The predicted molar refractivity (Wildman–Crippen MR) is 95.1 cm³/mol. The van der Waals surface area contributed by atoms with E-state index in [1.165, 1.54) is 0 Å². The molecule has 2 rings (SSSR count). The maximum absolute atomic E-state index is 12.8. The summed E-state index contributed by atoms with van der Waals surface area (Å²) in [5.41, 5.74) is 0.251. The summed E-state index contributed by atoms with van der Waals surface area (Å²) in [5.74, 6) is 0.548. The summed E-state index contributed by atoms with van der Waals surface area (Å²) in [4.78, 5) is 26.4.